The van der Waals surface area contributed by atoms with Crippen LogP contribution < -0.4 is 0 Å². The highest BCUT2D eigenvalue weighted by Crippen LogP contribution is 2.28. The predicted molar refractivity (Wildman–Crippen MR) is 57.3 cm³/mol. The average Bonchev–Trinajstić information content (AvgIpc) is 2.79. The van der Waals surface area contributed by atoms with Gasteiger partial charge in [-0.15, -0.1) is 5.10 Å². The van der Waals surface area contributed by atoms with Crippen LogP contribution in [0, 0.1) is 0 Å². The molecule has 1 unspecified atom stereocenters. The van der Waals surface area contributed by atoms with Gasteiger partial charge >= 0.3 is 5.97 Å². The van der Waals surface area contributed by atoms with E-state index in [4.69, 9.17) is 4.74 Å². The summed E-state index contributed by atoms with van der Waals surface area (Å²) in [5.74, 6) is -0.473. The van der Waals surface area contributed by atoms with Crippen LogP contribution in [0.25, 0.3) is 0 Å². The van der Waals surface area contributed by atoms with E-state index in [0.717, 1.165) is 19.3 Å². The Bertz CT molecular complexity index is 409. The molecule has 0 aliphatic carbocycles. The molecule has 1 N–H and O–H groups in total. The Morgan fingerprint density at radius 3 is 2.88 bits per heavy atom. The van der Waals surface area contributed by atoms with Crippen LogP contribution in [-0.2, 0) is 15.1 Å². The zero-order valence-corrected chi connectivity index (χ0v) is 9.96. The molecule has 94 valence electrons. The molecular weight excluding hydrogens is 224 g/mol. The topological polar surface area (TPSA) is 90.1 Å². The van der Waals surface area contributed by atoms with Crippen molar-refractivity contribution in [3.05, 3.63) is 5.82 Å². The molecule has 1 atom stereocenters. The first-order chi connectivity index (χ1) is 8.03. The number of nitrogens with zero attached hydrogens (tertiary/aromatic N) is 4. The number of carboxylic acids is 1. The van der Waals surface area contributed by atoms with Crippen LogP contribution in [-0.4, -0.2) is 37.9 Å². The first-order valence-corrected chi connectivity index (χ1v) is 5.67. The zero-order valence-electron chi connectivity index (χ0n) is 9.96. The second-order valence-electron chi connectivity index (χ2n) is 4.67. The zero-order chi connectivity index (χ0) is 12.5. The van der Waals surface area contributed by atoms with Gasteiger partial charge in [0.2, 0.25) is 0 Å². The minimum atomic E-state index is -1.17. The molecule has 0 bridgehead atoms. The van der Waals surface area contributed by atoms with Gasteiger partial charge in [-0.1, -0.05) is 0 Å². The van der Waals surface area contributed by atoms with E-state index in [1.54, 1.807) is 13.8 Å². The van der Waals surface area contributed by atoms with E-state index in [9.17, 15) is 9.90 Å². The van der Waals surface area contributed by atoms with E-state index in [-0.39, 0.29) is 6.10 Å². The Morgan fingerprint density at radius 1 is 1.53 bits per heavy atom. The van der Waals surface area contributed by atoms with Crippen molar-refractivity contribution in [1.82, 2.24) is 20.2 Å². The summed E-state index contributed by atoms with van der Waals surface area (Å²) in [6.45, 7) is 3.81. The molecule has 1 saturated heterocycles. The van der Waals surface area contributed by atoms with Gasteiger partial charge in [0.25, 0.3) is 0 Å². The SMILES string of the molecule is CC(C)(C(=O)O)n1nnnc1C1CCCCO1. The van der Waals surface area contributed by atoms with Gasteiger partial charge in [-0.25, -0.2) is 9.48 Å². The number of carboxylic acid groups (broad SMARTS) is 1. The minimum Gasteiger partial charge on any atom is -0.479 e. The van der Waals surface area contributed by atoms with E-state index >= 15 is 0 Å². The van der Waals surface area contributed by atoms with Crippen molar-refractivity contribution in [2.75, 3.05) is 6.61 Å². The maximum absolute atomic E-state index is 11.2. The second-order valence-corrected chi connectivity index (χ2v) is 4.67. The highest BCUT2D eigenvalue weighted by Gasteiger charge is 2.36. The van der Waals surface area contributed by atoms with E-state index < -0.39 is 11.5 Å². The number of hydrogen-bond donors (Lipinski definition) is 1. The fourth-order valence-electron chi connectivity index (χ4n) is 1.83. The maximum Gasteiger partial charge on any atom is 0.331 e. The summed E-state index contributed by atoms with van der Waals surface area (Å²) < 4.78 is 6.92. The van der Waals surface area contributed by atoms with Crippen molar-refractivity contribution in [1.29, 1.82) is 0 Å². The third-order valence-corrected chi connectivity index (χ3v) is 3.01. The van der Waals surface area contributed by atoms with Gasteiger partial charge in [0.1, 0.15) is 6.10 Å². The number of rotatable bonds is 3. The number of ether oxygens (including phenoxy) is 1. The summed E-state index contributed by atoms with van der Waals surface area (Å²) in [5, 5.41) is 20.4. The lowest BCUT2D eigenvalue weighted by Crippen LogP contribution is -2.38. The summed E-state index contributed by atoms with van der Waals surface area (Å²) in [5.41, 5.74) is -1.17. The Hall–Kier alpha value is -1.50. The fraction of sp³-hybridized carbons (Fsp3) is 0.800. The number of aromatic nitrogens is 4. The average molecular weight is 240 g/mol. The summed E-state index contributed by atoms with van der Waals surface area (Å²) in [4.78, 5) is 11.2. The second kappa shape index (κ2) is 4.40. The van der Waals surface area contributed by atoms with E-state index in [0.29, 0.717) is 12.4 Å². The molecule has 1 fully saturated rings. The summed E-state index contributed by atoms with van der Waals surface area (Å²) in [7, 11) is 0. The van der Waals surface area contributed by atoms with Gasteiger partial charge in [0.15, 0.2) is 11.4 Å². The highest BCUT2D eigenvalue weighted by atomic mass is 16.5. The van der Waals surface area contributed by atoms with Crippen LogP contribution in [0.15, 0.2) is 0 Å². The Balaban J connectivity index is 2.30. The van der Waals surface area contributed by atoms with Crippen LogP contribution in [0.4, 0.5) is 0 Å². The summed E-state index contributed by atoms with van der Waals surface area (Å²) in [6.07, 6.45) is 2.71. The molecule has 0 amide bonds. The van der Waals surface area contributed by atoms with Gasteiger partial charge in [-0.3, -0.25) is 0 Å². The van der Waals surface area contributed by atoms with E-state index in [1.165, 1.54) is 4.68 Å². The molecule has 17 heavy (non-hydrogen) atoms. The molecule has 7 heteroatoms. The molecule has 1 aromatic rings. The minimum absolute atomic E-state index is 0.197. The lowest BCUT2D eigenvalue weighted by Gasteiger charge is -2.26. The fourth-order valence-corrected chi connectivity index (χ4v) is 1.83. The summed E-state index contributed by atoms with van der Waals surface area (Å²) >= 11 is 0. The quantitative estimate of drug-likeness (QED) is 0.837. The van der Waals surface area contributed by atoms with Gasteiger partial charge < -0.3 is 9.84 Å². The number of aliphatic carboxylic acids is 1. The maximum atomic E-state index is 11.2. The van der Waals surface area contributed by atoms with Crippen LogP contribution in [0.5, 0.6) is 0 Å². The van der Waals surface area contributed by atoms with Crippen LogP contribution in [0.3, 0.4) is 0 Å². The van der Waals surface area contributed by atoms with Gasteiger partial charge in [-0.2, -0.15) is 0 Å². The van der Waals surface area contributed by atoms with Crippen LogP contribution >= 0.6 is 0 Å². The number of hydrogen-bond acceptors (Lipinski definition) is 5. The smallest absolute Gasteiger partial charge is 0.331 e. The standard InChI is InChI=1S/C10H16N4O3/c1-10(2,9(15)16)14-8(11-12-13-14)7-5-3-4-6-17-7/h7H,3-6H2,1-2H3,(H,15,16). The molecular formula is C10H16N4O3. The normalized spacial score (nSPS) is 21.4. The van der Waals surface area contributed by atoms with Crippen molar-refractivity contribution in [2.24, 2.45) is 0 Å². The largest absolute Gasteiger partial charge is 0.479 e. The first-order valence-electron chi connectivity index (χ1n) is 5.67. The molecule has 7 nitrogen and oxygen atoms in total. The van der Waals surface area contributed by atoms with Gasteiger partial charge in [0.05, 0.1) is 0 Å². The Kier molecular flexibility index (Phi) is 3.10. The van der Waals surface area contributed by atoms with Crippen molar-refractivity contribution in [3.8, 4) is 0 Å². The molecule has 0 spiro atoms. The van der Waals surface area contributed by atoms with Crippen molar-refractivity contribution in [2.45, 2.75) is 44.8 Å². The molecule has 1 aromatic heterocycles. The molecule has 2 heterocycles. The molecule has 1 aliphatic rings. The van der Waals surface area contributed by atoms with Crippen LogP contribution in [0.2, 0.25) is 0 Å². The molecule has 0 aromatic carbocycles. The van der Waals surface area contributed by atoms with Crippen molar-refractivity contribution >= 4 is 5.97 Å². The van der Waals surface area contributed by atoms with Gasteiger partial charge in [0, 0.05) is 6.61 Å². The third kappa shape index (κ3) is 2.14. The third-order valence-electron chi connectivity index (χ3n) is 3.01. The first kappa shape index (κ1) is 12.0. The van der Waals surface area contributed by atoms with E-state index in [2.05, 4.69) is 15.5 Å². The Morgan fingerprint density at radius 2 is 2.29 bits per heavy atom. The Labute approximate surface area is 98.8 Å². The van der Waals surface area contributed by atoms with E-state index in [1.807, 2.05) is 0 Å². The lowest BCUT2D eigenvalue weighted by molar-refractivity contribution is -0.146. The molecule has 1 aliphatic heterocycles. The number of tetrazole rings is 1. The van der Waals surface area contributed by atoms with Crippen molar-refractivity contribution < 1.29 is 14.6 Å². The van der Waals surface area contributed by atoms with Gasteiger partial charge in [-0.05, 0) is 43.5 Å². The molecule has 0 saturated carbocycles. The summed E-state index contributed by atoms with van der Waals surface area (Å²) in [6, 6.07) is 0. The van der Waals surface area contributed by atoms with Crippen LogP contribution in [0.1, 0.15) is 45.0 Å². The highest BCUT2D eigenvalue weighted by molar-refractivity contribution is 5.75. The molecule has 0 radical (unpaired) electrons. The van der Waals surface area contributed by atoms with Crippen molar-refractivity contribution in [3.63, 3.8) is 0 Å². The monoisotopic (exact) mass is 240 g/mol. The lowest BCUT2D eigenvalue weighted by atomic mass is 10.0. The molecule has 2 rings (SSSR count). The predicted octanol–water partition coefficient (Wildman–Crippen LogP) is 0.734. The number of carbonyl (C=O) groups is 1.